The Morgan fingerprint density at radius 1 is 1.09 bits per heavy atom. The molecule has 3 aromatic heterocycles. The van der Waals surface area contributed by atoms with Crippen molar-refractivity contribution in [2.45, 2.75) is 13.5 Å². The third-order valence-corrected chi connectivity index (χ3v) is 5.87. The summed E-state index contributed by atoms with van der Waals surface area (Å²) in [4.78, 5) is 22.0. The number of rotatable bonds is 6. The van der Waals surface area contributed by atoms with E-state index in [0.717, 1.165) is 22.2 Å². The van der Waals surface area contributed by atoms with Gasteiger partial charge in [0.15, 0.2) is 5.82 Å². The van der Waals surface area contributed by atoms with Crippen molar-refractivity contribution < 1.29 is 9.53 Å². The van der Waals surface area contributed by atoms with Crippen LogP contribution in [0, 0.1) is 6.92 Å². The van der Waals surface area contributed by atoms with E-state index in [9.17, 15) is 4.79 Å². The van der Waals surface area contributed by atoms with Crippen LogP contribution in [0.1, 0.15) is 27.3 Å². The number of methoxy groups -OCH3 is 1. The lowest BCUT2D eigenvalue weighted by Gasteiger charge is -2.09. The highest BCUT2D eigenvalue weighted by Crippen LogP contribution is 2.32. The van der Waals surface area contributed by atoms with Crippen LogP contribution < -0.4 is 4.74 Å². The maximum absolute atomic E-state index is 13.7. The van der Waals surface area contributed by atoms with Gasteiger partial charge in [0.05, 0.1) is 18.9 Å². The Labute approximate surface area is 195 Å². The summed E-state index contributed by atoms with van der Waals surface area (Å²) in [6.45, 7) is 2.56. The molecule has 0 aliphatic rings. The molecule has 2 aromatic carbocycles. The number of aromatic nitrogens is 5. The second kappa shape index (κ2) is 8.52. The maximum atomic E-state index is 13.7. The summed E-state index contributed by atoms with van der Waals surface area (Å²) in [5.74, 6) is 1.06. The van der Waals surface area contributed by atoms with E-state index in [4.69, 9.17) is 16.3 Å². The molecular weight excluding hydrogens is 438 g/mol. The van der Waals surface area contributed by atoms with Crippen LogP contribution in [0.15, 0.2) is 73.3 Å². The molecule has 3 heterocycles. The molecule has 33 heavy (non-hydrogen) atoms. The average molecular weight is 458 g/mol. The van der Waals surface area contributed by atoms with Gasteiger partial charge in [-0.25, -0.2) is 9.67 Å². The van der Waals surface area contributed by atoms with Gasteiger partial charge < -0.3 is 9.30 Å². The second-order valence-corrected chi connectivity index (χ2v) is 8.03. The first-order valence-electron chi connectivity index (χ1n) is 10.3. The van der Waals surface area contributed by atoms with E-state index in [-0.39, 0.29) is 5.78 Å². The average Bonchev–Trinajstić information content (AvgIpc) is 3.44. The lowest BCUT2D eigenvalue weighted by atomic mass is 10.0. The number of nitrogens with zero attached hydrogens (tertiary/aromatic N) is 5. The Bertz CT molecular complexity index is 1460. The van der Waals surface area contributed by atoms with Gasteiger partial charge in [0.2, 0.25) is 5.78 Å². The van der Waals surface area contributed by atoms with Crippen LogP contribution in [-0.4, -0.2) is 37.2 Å². The van der Waals surface area contributed by atoms with Gasteiger partial charge in [0, 0.05) is 46.8 Å². The van der Waals surface area contributed by atoms with Crippen molar-refractivity contribution in [1.29, 1.82) is 0 Å². The van der Waals surface area contributed by atoms with Crippen LogP contribution in [0.4, 0.5) is 0 Å². The quantitative estimate of drug-likeness (QED) is 0.340. The summed E-state index contributed by atoms with van der Waals surface area (Å²) in [6.07, 6.45) is 6.47. The molecular formula is C25H20ClN5O2. The molecule has 5 rings (SSSR count). The van der Waals surface area contributed by atoms with E-state index in [0.29, 0.717) is 34.4 Å². The highest BCUT2D eigenvalue weighted by Gasteiger charge is 2.23. The fourth-order valence-corrected chi connectivity index (χ4v) is 4.09. The molecule has 0 amide bonds. The maximum Gasteiger partial charge on any atom is 0.215 e. The minimum Gasteiger partial charge on any atom is -0.497 e. The largest absolute Gasteiger partial charge is 0.497 e. The van der Waals surface area contributed by atoms with E-state index in [1.54, 1.807) is 42.6 Å². The molecule has 0 bridgehead atoms. The van der Waals surface area contributed by atoms with Gasteiger partial charge in [-0.1, -0.05) is 23.7 Å². The Hall–Kier alpha value is -3.97. The molecule has 0 spiro atoms. The zero-order valence-corrected chi connectivity index (χ0v) is 18.8. The molecule has 0 saturated carbocycles. The first-order chi connectivity index (χ1) is 16.0. The van der Waals surface area contributed by atoms with Crippen molar-refractivity contribution in [3.8, 4) is 11.6 Å². The smallest absolute Gasteiger partial charge is 0.215 e. The monoisotopic (exact) mass is 457 g/mol. The fourth-order valence-electron chi connectivity index (χ4n) is 3.96. The summed E-state index contributed by atoms with van der Waals surface area (Å²) in [5, 5.41) is 5.97. The number of carbonyl (C=O) groups excluding carboxylic acids is 1. The summed E-state index contributed by atoms with van der Waals surface area (Å²) < 4.78 is 9.11. The number of ketones is 1. The van der Waals surface area contributed by atoms with Crippen LogP contribution in [0.25, 0.3) is 16.7 Å². The minimum atomic E-state index is -0.164. The van der Waals surface area contributed by atoms with Gasteiger partial charge in [0.1, 0.15) is 11.4 Å². The second-order valence-electron chi connectivity index (χ2n) is 7.59. The van der Waals surface area contributed by atoms with Gasteiger partial charge >= 0.3 is 0 Å². The summed E-state index contributed by atoms with van der Waals surface area (Å²) >= 11 is 6.05. The molecule has 164 valence electrons. The van der Waals surface area contributed by atoms with Crippen molar-refractivity contribution >= 4 is 28.3 Å². The Morgan fingerprint density at radius 2 is 1.91 bits per heavy atom. The predicted molar refractivity (Wildman–Crippen MR) is 126 cm³/mol. The van der Waals surface area contributed by atoms with Crippen LogP contribution in [0.3, 0.4) is 0 Å². The summed E-state index contributed by atoms with van der Waals surface area (Å²) in [5.41, 5.74) is 3.81. The molecule has 0 radical (unpaired) electrons. The van der Waals surface area contributed by atoms with Crippen molar-refractivity contribution in [2.75, 3.05) is 7.11 Å². The van der Waals surface area contributed by atoms with Gasteiger partial charge in [0.25, 0.3) is 0 Å². The number of hydrogen-bond donors (Lipinski definition) is 0. The zero-order valence-electron chi connectivity index (χ0n) is 18.1. The highest BCUT2D eigenvalue weighted by atomic mass is 35.5. The van der Waals surface area contributed by atoms with Gasteiger partial charge in [-0.3, -0.25) is 9.78 Å². The molecule has 8 heteroatoms. The molecule has 0 fully saturated rings. The first-order valence-corrected chi connectivity index (χ1v) is 10.7. The van der Waals surface area contributed by atoms with Crippen molar-refractivity contribution in [1.82, 2.24) is 24.3 Å². The number of benzene rings is 2. The first kappa shape index (κ1) is 20.9. The highest BCUT2D eigenvalue weighted by molar-refractivity contribution is 6.30. The molecule has 0 atom stereocenters. The number of ether oxygens (including phenoxy) is 1. The van der Waals surface area contributed by atoms with Gasteiger partial charge in [-0.15, -0.1) is 0 Å². The molecule has 7 nitrogen and oxygen atoms in total. The Balaban J connectivity index is 1.61. The van der Waals surface area contributed by atoms with E-state index in [1.165, 1.54) is 0 Å². The number of carbonyl (C=O) groups is 1. The third kappa shape index (κ3) is 3.87. The topological polar surface area (TPSA) is 74.8 Å². The van der Waals surface area contributed by atoms with Crippen LogP contribution in [0.2, 0.25) is 5.02 Å². The normalized spacial score (nSPS) is 11.1. The van der Waals surface area contributed by atoms with Crippen LogP contribution in [-0.2, 0) is 6.54 Å². The SMILES string of the molecule is COc1ccc2c(c1)c(C(=O)c1ccn(-c3cnccn3)n1)c(C)n2Cc1ccc(Cl)cc1. The Morgan fingerprint density at radius 3 is 2.64 bits per heavy atom. The van der Waals surface area contributed by atoms with Crippen LogP contribution in [0.5, 0.6) is 5.75 Å². The fraction of sp³-hybridized carbons (Fsp3) is 0.120. The molecule has 0 saturated heterocycles. The zero-order chi connectivity index (χ0) is 22.9. The van der Waals surface area contributed by atoms with Crippen molar-refractivity contribution in [3.05, 3.63) is 101 Å². The predicted octanol–water partition coefficient (Wildman–Crippen LogP) is 4.87. The summed E-state index contributed by atoms with van der Waals surface area (Å²) in [7, 11) is 1.61. The third-order valence-electron chi connectivity index (χ3n) is 5.62. The summed E-state index contributed by atoms with van der Waals surface area (Å²) in [6, 6.07) is 15.2. The van der Waals surface area contributed by atoms with E-state index in [2.05, 4.69) is 19.6 Å². The van der Waals surface area contributed by atoms with E-state index in [1.807, 2.05) is 49.4 Å². The van der Waals surface area contributed by atoms with Crippen molar-refractivity contribution in [3.63, 3.8) is 0 Å². The molecule has 5 aromatic rings. The lowest BCUT2D eigenvalue weighted by molar-refractivity contribution is 0.103. The number of halogens is 1. The van der Waals surface area contributed by atoms with Gasteiger partial charge in [-0.05, 0) is 48.9 Å². The van der Waals surface area contributed by atoms with E-state index >= 15 is 0 Å². The van der Waals surface area contributed by atoms with Crippen molar-refractivity contribution in [2.24, 2.45) is 0 Å². The Kier molecular flexibility index (Phi) is 5.40. The van der Waals surface area contributed by atoms with Crippen LogP contribution >= 0.6 is 11.6 Å². The molecule has 0 N–H and O–H groups in total. The van der Waals surface area contributed by atoms with E-state index < -0.39 is 0 Å². The lowest BCUT2D eigenvalue weighted by Crippen LogP contribution is -2.08. The minimum absolute atomic E-state index is 0.164. The molecule has 0 unspecified atom stereocenters. The molecule has 0 aliphatic carbocycles. The molecule has 0 aliphatic heterocycles. The number of fused-ring (bicyclic) bond motifs is 1. The standard InChI is InChI=1S/C25H20ClN5O2/c1-16-24(25(32)21-9-12-31(29-21)23-14-27-10-11-28-23)20-13-19(33-2)7-8-22(20)30(16)15-17-3-5-18(26)6-4-17/h3-14H,15H2,1-2H3. The van der Waals surface area contributed by atoms with Gasteiger partial charge in [-0.2, -0.15) is 5.10 Å². The number of hydrogen-bond acceptors (Lipinski definition) is 5.